The van der Waals surface area contributed by atoms with Gasteiger partial charge in [-0.2, -0.15) is 10.2 Å². The van der Waals surface area contributed by atoms with Crippen LogP contribution < -0.4 is 4.74 Å². The highest BCUT2D eigenvalue weighted by Crippen LogP contribution is 2.31. The topological polar surface area (TPSA) is 55.1 Å². The molecule has 0 N–H and O–H groups in total. The van der Waals surface area contributed by atoms with Crippen LogP contribution >= 0.6 is 23.2 Å². The van der Waals surface area contributed by atoms with Gasteiger partial charge in [0, 0.05) is 7.11 Å². The average Bonchev–Trinajstić information content (AvgIpc) is 2.26. The van der Waals surface area contributed by atoms with E-state index in [1.165, 1.54) is 0 Å². The van der Waals surface area contributed by atoms with Crippen molar-refractivity contribution in [3.8, 4) is 11.9 Å². The summed E-state index contributed by atoms with van der Waals surface area (Å²) >= 11 is 11.8. The first-order valence-corrected chi connectivity index (χ1v) is 5.24. The second-order valence-electron chi connectivity index (χ2n) is 2.97. The van der Waals surface area contributed by atoms with Crippen molar-refractivity contribution in [2.45, 2.75) is 6.92 Å². The lowest BCUT2D eigenvalue weighted by atomic mass is 10.2. The maximum absolute atomic E-state index is 8.83. The Bertz CT molecular complexity index is 430. The van der Waals surface area contributed by atoms with Crippen molar-refractivity contribution in [2.75, 3.05) is 20.3 Å². The standard InChI is InChI=1S/C10H10Cl2N2O2/c1-6-7(5-13)9(12)14-10(8(6)11)16-4-3-15-2/h3-4H2,1-2H3. The zero-order chi connectivity index (χ0) is 12.1. The summed E-state index contributed by atoms with van der Waals surface area (Å²) < 4.78 is 10.1. The molecule has 0 saturated carbocycles. The van der Waals surface area contributed by atoms with Gasteiger partial charge in [-0.05, 0) is 12.5 Å². The molecule has 16 heavy (non-hydrogen) atoms. The third-order valence-electron chi connectivity index (χ3n) is 1.94. The summed E-state index contributed by atoms with van der Waals surface area (Å²) in [5.41, 5.74) is 0.836. The highest BCUT2D eigenvalue weighted by atomic mass is 35.5. The normalized spacial score (nSPS) is 9.94. The van der Waals surface area contributed by atoms with Crippen LogP contribution in [0.25, 0.3) is 0 Å². The van der Waals surface area contributed by atoms with Gasteiger partial charge in [-0.1, -0.05) is 23.2 Å². The number of nitrogens with zero attached hydrogens (tertiary/aromatic N) is 2. The van der Waals surface area contributed by atoms with Crippen LogP contribution in [0.1, 0.15) is 11.1 Å². The Morgan fingerprint density at radius 1 is 1.38 bits per heavy atom. The van der Waals surface area contributed by atoms with Gasteiger partial charge in [-0.3, -0.25) is 0 Å². The number of methoxy groups -OCH3 is 1. The molecule has 0 atom stereocenters. The van der Waals surface area contributed by atoms with Crippen molar-refractivity contribution in [3.05, 3.63) is 21.3 Å². The Morgan fingerprint density at radius 3 is 2.62 bits per heavy atom. The average molecular weight is 261 g/mol. The van der Waals surface area contributed by atoms with Gasteiger partial charge in [0.1, 0.15) is 17.7 Å². The molecule has 0 unspecified atom stereocenters. The Hall–Kier alpha value is -1.02. The molecular weight excluding hydrogens is 251 g/mol. The molecule has 0 spiro atoms. The summed E-state index contributed by atoms with van der Waals surface area (Å²) in [7, 11) is 1.56. The van der Waals surface area contributed by atoms with Crippen LogP contribution in [0, 0.1) is 18.3 Å². The van der Waals surface area contributed by atoms with Gasteiger partial charge in [0.15, 0.2) is 5.15 Å². The molecule has 0 aliphatic rings. The lowest BCUT2D eigenvalue weighted by Gasteiger charge is -2.10. The van der Waals surface area contributed by atoms with E-state index in [2.05, 4.69) is 4.98 Å². The molecule has 1 rings (SSSR count). The van der Waals surface area contributed by atoms with Crippen LogP contribution in [0.3, 0.4) is 0 Å². The molecule has 0 aromatic carbocycles. The highest BCUT2D eigenvalue weighted by molar-refractivity contribution is 6.34. The molecule has 0 bridgehead atoms. The molecule has 0 radical (unpaired) electrons. The van der Waals surface area contributed by atoms with Crippen molar-refractivity contribution >= 4 is 23.2 Å². The predicted molar refractivity (Wildman–Crippen MR) is 61.1 cm³/mol. The van der Waals surface area contributed by atoms with E-state index in [4.69, 9.17) is 37.9 Å². The van der Waals surface area contributed by atoms with E-state index in [9.17, 15) is 0 Å². The molecule has 0 fully saturated rings. The van der Waals surface area contributed by atoms with E-state index in [1.807, 2.05) is 6.07 Å². The maximum atomic E-state index is 8.83. The molecule has 86 valence electrons. The number of hydrogen-bond donors (Lipinski definition) is 0. The Kier molecular flexibility index (Phi) is 4.81. The largest absolute Gasteiger partial charge is 0.474 e. The number of rotatable bonds is 4. The number of aromatic nitrogens is 1. The summed E-state index contributed by atoms with van der Waals surface area (Å²) in [6.45, 7) is 2.44. The minimum Gasteiger partial charge on any atom is -0.474 e. The first-order chi connectivity index (χ1) is 7.61. The molecule has 1 aromatic heterocycles. The van der Waals surface area contributed by atoms with Gasteiger partial charge in [0.05, 0.1) is 12.2 Å². The zero-order valence-electron chi connectivity index (χ0n) is 8.88. The van der Waals surface area contributed by atoms with Gasteiger partial charge in [-0.15, -0.1) is 0 Å². The summed E-state index contributed by atoms with van der Waals surface area (Å²) in [5, 5.41) is 9.23. The van der Waals surface area contributed by atoms with Crippen LogP contribution in [-0.4, -0.2) is 25.3 Å². The lowest BCUT2D eigenvalue weighted by Crippen LogP contribution is -2.07. The van der Waals surface area contributed by atoms with Crippen LogP contribution in [0.4, 0.5) is 0 Å². The van der Waals surface area contributed by atoms with Crippen LogP contribution in [-0.2, 0) is 4.74 Å². The van der Waals surface area contributed by atoms with E-state index in [0.29, 0.717) is 23.8 Å². The molecule has 0 amide bonds. The molecular formula is C10H10Cl2N2O2. The fourth-order valence-corrected chi connectivity index (χ4v) is 1.52. The van der Waals surface area contributed by atoms with Gasteiger partial charge in [0.2, 0.25) is 5.88 Å². The van der Waals surface area contributed by atoms with Crippen molar-refractivity contribution in [3.63, 3.8) is 0 Å². The highest BCUT2D eigenvalue weighted by Gasteiger charge is 2.15. The summed E-state index contributed by atoms with van der Waals surface area (Å²) in [5.74, 6) is 0.222. The number of ether oxygens (including phenoxy) is 2. The fraction of sp³-hybridized carbons (Fsp3) is 0.400. The summed E-state index contributed by atoms with van der Waals surface area (Å²) in [6.07, 6.45) is 0. The summed E-state index contributed by atoms with van der Waals surface area (Å²) in [4.78, 5) is 3.91. The van der Waals surface area contributed by atoms with Crippen molar-refractivity contribution in [1.82, 2.24) is 4.98 Å². The lowest BCUT2D eigenvalue weighted by molar-refractivity contribution is 0.144. The quantitative estimate of drug-likeness (QED) is 0.617. The number of halogens is 2. The van der Waals surface area contributed by atoms with Crippen LogP contribution in [0.5, 0.6) is 5.88 Å². The first-order valence-electron chi connectivity index (χ1n) is 4.49. The van der Waals surface area contributed by atoms with E-state index in [-0.39, 0.29) is 16.6 Å². The molecule has 1 aromatic rings. The van der Waals surface area contributed by atoms with Crippen LogP contribution in [0.15, 0.2) is 0 Å². The third kappa shape index (κ3) is 2.76. The third-order valence-corrected chi connectivity index (χ3v) is 2.65. The number of hydrogen-bond acceptors (Lipinski definition) is 4. The van der Waals surface area contributed by atoms with Gasteiger partial charge in [0.25, 0.3) is 0 Å². The SMILES string of the molecule is COCCOc1nc(Cl)c(C#N)c(C)c1Cl. The van der Waals surface area contributed by atoms with Crippen molar-refractivity contribution < 1.29 is 9.47 Å². The van der Waals surface area contributed by atoms with E-state index in [0.717, 1.165) is 0 Å². The van der Waals surface area contributed by atoms with Gasteiger partial charge < -0.3 is 9.47 Å². The van der Waals surface area contributed by atoms with E-state index in [1.54, 1.807) is 14.0 Å². The fourth-order valence-electron chi connectivity index (χ4n) is 1.07. The Morgan fingerprint density at radius 2 is 2.06 bits per heavy atom. The molecule has 0 saturated heterocycles. The molecule has 1 heterocycles. The Balaban J connectivity index is 3.00. The molecule has 4 nitrogen and oxygen atoms in total. The second kappa shape index (κ2) is 5.90. The monoisotopic (exact) mass is 260 g/mol. The molecule has 0 aliphatic carbocycles. The van der Waals surface area contributed by atoms with Crippen molar-refractivity contribution in [1.29, 1.82) is 5.26 Å². The Labute approximate surface area is 104 Å². The molecule has 6 heteroatoms. The van der Waals surface area contributed by atoms with E-state index < -0.39 is 0 Å². The second-order valence-corrected chi connectivity index (χ2v) is 3.71. The number of nitriles is 1. The van der Waals surface area contributed by atoms with E-state index >= 15 is 0 Å². The van der Waals surface area contributed by atoms with Crippen molar-refractivity contribution in [2.24, 2.45) is 0 Å². The first kappa shape index (κ1) is 13.0. The summed E-state index contributed by atoms with van der Waals surface area (Å²) in [6, 6.07) is 1.94. The zero-order valence-corrected chi connectivity index (χ0v) is 10.4. The minimum absolute atomic E-state index is 0.0943. The van der Waals surface area contributed by atoms with Crippen LogP contribution in [0.2, 0.25) is 10.2 Å². The molecule has 0 aliphatic heterocycles. The predicted octanol–water partition coefficient (Wildman–Crippen LogP) is 2.59. The minimum atomic E-state index is 0.0943. The van der Waals surface area contributed by atoms with Gasteiger partial charge in [-0.25, -0.2) is 0 Å². The smallest absolute Gasteiger partial charge is 0.234 e. The number of pyridine rings is 1. The van der Waals surface area contributed by atoms with Gasteiger partial charge >= 0.3 is 0 Å². The maximum Gasteiger partial charge on any atom is 0.234 e.